The van der Waals surface area contributed by atoms with Gasteiger partial charge in [-0.1, -0.05) is 0 Å². The van der Waals surface area contributed by atoms with Crippen molar-refractivity contribution in [2.24, 2.45) is 0 Å². The molecule has 2 aliphatic rings. The Balaban J connectivity index is 1.34. The molecule has 214 valence electrons. The summed E-state index contributed by atoms with van der Waals surface area (Å²) in [5.41, 5.74) is 3.58. The first-order chi connectivity index (χ1) is 19.0. The molecule has 1 heterocycles. The molecular formula is C29H34N2O8Se. The number of rotatable bonds is 8. The summed E-state index contributed by atoms with van der Waals surface area (Å²) in [5, 5.41) is 12.4. The summed E-state index contributed by atoms with van der Waals surface area (Å²) < 4.78 is 15.8. The Kier molecular flexibility index (Phi) is 9.05. The van der Waals surface area contributed by atoms with E-state index in [4.69, 9.17) is 14.2 Å². The van der Waals surface area contributed by atoms with Crippen molar-refractivity contribution in [2.75, 3.05) is 20.3 Å². The molecular weight excluding hydrogens is 583 g/mol. The van der Waals surface area contributed by atoms with Crippen LogP contribution in [0.5, 0.6) is 0 Å². The topological polar surface area (TPSA) is 131 Å². The van der Waals surface area contributed by atoms with Gasteiger partial charge in [0.1, 0.15) is 0 Å². The standard InChI is InChI=1S/C29H34N2O8Se/c1-29(2,3)39-28(36)31-14-17(13-24(31)26(34)37-4)40-16-23(25(32)33)30-27(35)38-15-22-20-11-7-5-9-18(20)19-10-6-8-12-21(19)22/h5-12,17,22-24H,13-16H2,1-4H3,(H,30,35)(H,32,33)/t17-,23+,24+/m1/s1. The average Bonchev–Trinajstić information content (AvgIpc) is 3.48. The number of carboxylic acid groups (broad SMARTS) is 1. The molecule has 1 aliphatic carbocycles. The minimum atomic E-state index is -1.18. The zero-order valence-electron chi connectivity index (χ0n) is 22.9. The number of fused-ring (bicyclic) bond motifs is 3. The second kappa shape index (κ2) is 12.3. The Morgan fingerprint density at radius 3 is 2.20 bits per heavy atom. The van der Waals surface area contributed by atoms with E-state index in [1.165, 1.54) is 12.0 Å². The quantitative estimate of drug-likeness (QED) is 0.258. The molecule has 0 saturated carbocycles. The zero-order valence-corrected chi connectivity index (χ0v) is 24.6. The van der Waals surface area contributed by atoms with Gasteiger partial charge >= 0.3 is 240 Å². The van der Waals surface area contributed by atoms with E-state index in [0.717, 1.165) is 22.3 Å². The zero-order chi connectivity index (χ0) is 29.0. The molecule has 0 unspecified atom stereocenters. The number of hydrogen-bond acceptors (Lipinski definition) is 7. The number of carbonyl (C=O) groups excluding carboxylic acids is 3. The first kappa shape index (κ1) is 29.4. The Morgan fingerprint density at radius 1 is 1.05 bits per heavy atom. The van der Waals surface area contributed by atoms with Crippen LogP contribution in [0.4, 0.5) is 9.59 Å². The molecule has 2 aromatic rings. The van der Waals surface area contributed by atoms with E-state index in [0.29, 0.717) is 6.42 Å². The van der Waals surface area contributed by atoms with Crippen molar-refractivity contribution in [2.45, 2.75) is 60.9 Å². The van der Waals surface area contributed by atoms with Gasteiger partial charge in [-0.15, -0.1) is 0 Å². The molecule has 3 atom stereocenters. The summed E-state index contributed by atoms with van der Waals surface area (Å²) >= 11 is -0.317. The number of carbonyl (C=O) groups is 4. The molecule has 0 bridgehead atoms. The van der Waals surface area contributed by atoms with Crippen LogP contribution in [0.1, 0.15) is 44.2 Å². The molecule has 2 aromatic carbocycles. The number of benzene rings is 2. The van der Waals surface area contributed by atoms with Crippen molar-refractivity contribution in [3.63, 3.8) is 0 Å². The number of nitrogens with one attached hydrogen (secondary N) is 1. The van der Waals surface area contributed by atoms with E-state index in [1.54, 1.807) is 20.8 Å². The molecule has 40 heavy (non-hydrogen) atoms. The third-order valence-electron chi connectivity index (χ3n) is 6.80. The fraction of sp³-hybridized carbons (Fsp3) is 0.448. The fourth-order valence-corrected chi connectivity index (χ4v) is 7.66. The molecule has 2 amide bonds. The van der Waals surface area contributed by atoms with Crippen LogP contribution in [0.3, 0.4) is 0 Å². The summed E-state index contributed by atoms with van der Waals surface area (Å²) in [5.74, 6) is -1.86. The van der Waals surface area contributed by atoms with E-state index in [-0.39, 0.29) is 44.2 Å². The van der Waals surface area contributed by atoms with Crippen LogP contribution >= 0.6 is 0 Å². The number of esters is 1. The van der Waals surface area contributed by atoms with Crippen LogP contribution in [0, 0.1) is 0 Å². The number of hydrogen-bond donors (Lipinski definition) is 2. The predicted octanol–water partition coefficient (Wildman–Crippen LogP) is 4.07. The number of likely N-dealkylation sites (tertiary alicyclic amines) is 1. The van der Waals surface area contributed by atoms with Crippen molar-refractivity contribution in [3.05, 3.63) is 59.7 Å². The molecule has 1 fully saturated rings. The molecule has 0 spiro atoms. The molecule has 2 N–H and O–H groups in total. The van der Waals surface area contributed by atoms with Crippen molar-refractivity contribution in [1.82, 2.24) is 10.2 Å². The number of amides is 2. The number of alkyl carbamates (subject to hydrolysis) is 1. The Labute approximate surface area is 239 Å². The van der Waals surface area contributed by atoms with Crippen molar-refractivity contribution >= 4 is 39.1 Å². The van der Waals surface area contributed by atoms with Crippen molar-refractivity contribution in [1.29, 1.82) is 0 Å². The summed E-state index contributed by atoms with van der Waals surface area (Å²) in [6.07, 6.45) is -1.09. The molecule has 1 saturated heterocycles. The summed E-state index contributed by atoms with van der Waals surface area (Å²) in [6, 6.07) is 13.9. The van der Waals surface area contributed by atoms with Gasteiger partial charge in [-0.25, -0.2) is 0 Å². The second-order valence-corrected chi connectivity index (χ2v) is 13.5. The summed E-state index contributed by atoms with van der Waals surface area (Å²) in [6.45, 7) is 5.53. The minimum absolute atomic E-state index is 0.0750. The number of ether oxygens (including phenoxy) is 3. The molecule has 11 heteroatoms. The third-order valence-corrected chi connectivity index (χ3v) is 9.61. The number of methoxy groups -OCH3 is 1. The van der Waals surface area contributed by atoms with E-state index >= 15 is 0 Å². The van der Waals surface area contributed by atoms with Gasteiger partial charge in [0.05, 0.1) is 0 Å². The number of aliphatic carboxylic acids is 1. The van der Waals surface area contributed by atoms with E-state index in [2.05, 4.69) is 5.32 Å². The summed E-state index contributed by atoms with van der Waals surface area (Å²) in [7, 11) is 1.26. The van der Waals surface area contributed by atoms with Gasteiger partial charge in [0.2, 0.25) is 0 Å². The maximum absolute atomic E-state index is 12.7. The van der Waals surface area contributed by atoms with Crippen LogP contribution in [0.15, 0.2) is 48.5 Å². The van der Waals surface area contributed by atoms with Crippen LogP contribution < -0.4 is 5.32 Å². The number of nitrogens with zero attached hydrogens (tertiary/aromatic N) is 1. The first-order valence-corrected chi connectivity index (χ1v) is 15.2. The van der Waals surface area contributed by atoms with Gasteiger partial charge in [-0.3, -0.25) is 0 Å². The first-order valence-electron chi connectivity index (χ1n) is 13.0. The second-order valence-electron chi connectivity index (χ2n) is 10.7. The van der Waals surface area contributed by atoms with Gasteiger partial charge in [-0.2, -0.15) is 0 Å². The molecule has 10 nitrogen and oxygen atoms in total. The number of carboxylic acids is 1. The molecule has 0 aromatic heterocycles. The predicted molar refractivity (Wildman–Crippen MR) is 147 cm³/mol. The van der Waals surface area contributed by atoms with Gasteiger partial charge in [0.25, 0.3) is 0 Å². The molecule has 4 rings (SSSR count). The SMILES string of the molecule is COC(=O)[C@@H]1C[C@@H]([Se]C[C@H](NC(=O)OCC2c3ccccc3-c3ccccc32)C(=O)O)CN1C(=O)OC(C)(C)C. The van der Waals surface area contributed by atoms with E-state index in [1.807, 2.05) is 48.5 Å². The van der Waals surface area contributed by atoms with Crippen molar-refractivity contribution < 1.29 is 38.5 Å². The van der Waals surface area contributed by atoms with Crippen LogP contribution in [0.25, 0.3) is 11.1 Å². The third kappa shape index (κ3) is 6.77. The Hall–Kier alpha value is -3.56. The normalized spacial score (nSPS) is 18.9. The summed E-state index contributed by atoms with van der Waals surface area (Å²) in [4.78, 5) is 50.9. The maximum atomic E-state index is 12.7. The monoisotopic (exact) mass is 618 g/mol. The van der Waals surface area contributed by atoms with Gasteiger partial charge in [-0.05, 0) is 0 Å². The molecule has 1 aliphatic heterocycles. The Bertz CT molecular complexity index is 1230. The van der Waals surface area contributed by atoms with E-state index in [9.17, 15) is 24.3 Å². The van der Waals surface area contributed by atoms with Crippen molar-refractivity contribution in [3.8, 4) is 11.1 Å². The Morgan fingerprint density at radius 2 is 1.65 bits per heavy atom. The average molecular weight is 618 g/mol. The molecule has 0 radical (unpaired) electrons. The van der Waals surface area contributed by atoms with Crippen LogP contribution in [0.2, 0.25) is 10.1 Å². The fourth-order valence-electron chi connectivity index (χ4n) is 4.99. The van der Waals surface area contributed by atoms with Crippen LogP contribution in [-0.2, 0) is 23.8 Å². The van der Waals surface area contributed by atoms with Crippen LogP contribution in [-0.4, -0.2) is 87.0 Å². The van der Waals surface area contributed by atoms with E-state index < -0.39 is 41.8 Å². The van der Waals surface area contributed by atoms with Gasteiger partial charge < -0.3 is 0 Å². The van der Waals surface area contributed by atoms with Gasteiger partial charge in [0, 0.05) is 0 Å². The van der Waals surface area contributed by atoms with Gasteiger partial charge in [0.15, 0.2) is 0 Å².